The number of hydrogen-bond acceptors (Lipinski definition) is 4. The minimum absolute atomic E-state index is 0.104. The van der Waals surface area contributed by atoms with Crippen LogP contribution in [0, 0.1) is 0 Å². The van der Waals surface area contributed by atoms with Crippen LogP contribution in [-0.4, -0.2) is 30.3 Å². The van der Waals surface area contributed by atoms with E-state index in [1.54, 1.807) is 6.92 Å². The first-order valence-electron chi connectivity index (χ1n) is 7.55. The van der Waals surface area contributed by atoms with Gasteiger partial charge in [0.15, 0.2) is 6.10 Å². The van der Waals surface area contributed by atoms with Crippen molar-refractivity contribution in [1.29, 1.82) is 0 Å². The Morgan fingerprint density at radius 2 is 1.90 bits per heavy atom. The van der Waals surface area contributed by atoms with Crippen molar-refractivity contribution >= 4 is 17.3 Å². The first kappa shape index (κ1) is 14.2. The number of ether oxygens (including phenoxy) is 2. The zero-order chi connectivity index (χ0) is 15.0. The van der Waals surface area contributed by atoms with Crippen molar-refractivity contribution in [2.75, 3.05) is 10.6 Å². The van der Waals surface area contributed by atoms with E-state index in [2.05, 4.69) is 24.5 Å². The lowest BCUT2D eigenvalue weighted by Gasteiger charge is -2.33. The van der Waals surface area contributed by atoms with Crippen LogP contribution in [0.5, 0.6) is 5.75 Å². The van der Waals surface area contributed by atoms with Gasteiger partial charge >= 0.3 is 0 Å². The predicted molar refractivity (Wildman–Crippen MR) is 81.8 cm³/mol. The lowest BCUT2D eigenvalue weighted by molar-refractivity contribution is -0.122. The minimum Gasteiger partial charge on any atom is -0.479 e. The van der Waals surface area contributed by atoms with Crippen molar-refractivity contribution < 1.29 is 14.3 Å². The number of carbonyl (C=O) groups is 1. The molecule has 0 aromatic heterocycles. The lowest BCUT2D eigenvalue weighted by Crippen LogP contribution is -2.37. The Morgan fingerprint density at radius 3 is 2.62 bits per heavy atom. The molecule has 2 heterocycles. The van der Waals surface area contributed by atoms with Gasteiger partial charge in [-0.1, -0.05) is 0 Å². The maximum Gasteiger partial charge on any atom is 0.265 e. The van der Waals surface area contributed by atoms with E-state index < -0.39 is 6.10 Å². The monoisotopic (exact) mass is 290 g/mol. The van der Waals surface area contributed by atoms with Crippen LogP contribution >= 0.6 is 0 Å². The van der Waals surface area contributed by atoms with Crippen molar-refractivity contribution in [2.24, 2.45) is 0 Å². The summed E-state index contributed by atoms with van der Waals surface area (Å²) in [5.41, 5.74) is 1.73. The molecule has 1 fully saturated rings. The van der Waals surface area contributed by atoms with E-state index in [-0.39, 0.29) is 18.1 Å². The third-order valence-electron chi connectivity index (χ3n) is 3.98. The molecule has 21 heavy (non-hydrogen) atoms. The number of nitrogens with one attached hydrogen (secondary N) is 2. The Kier molecular flexibility index (Phi) is 3.76. The largest absolute Gasteiger partial charge is 0.479 e. The normalized spacial score (nSPS) is 31.9. The summed E-state index contributed by atoms with van der Waals surface area (Å²) >= 11 is 0. The number of benzene rings is 1. The molecule has 2 aliphatic rings. The van der Waals surface area contributed by atoms with Crippen molar-refractivity contribution in [3.63, 3.8) is 0 Å². The molecule has 1 aromatic carbocycles. The van der Waals surface area contributed by atoms with Crippen LogP contribution < -0.4 is 15.4 Å². The highest BCUT2D eigenvalue weighted by atomic mass is 16.5. The first-order chi connectivity index (χ1) is 10.0. The molecule has 3 atom stereocenters. The highest BCUT2D eigenvalue weighted by Crippen LogP contribution is 2.33. The standard InChI is InChI=1S/C16H22N2O3/c1-9-6-13(7-10(2)20-9)17-12-4-5-15-14(8-12)18-16(19)11(3)21-15/h4-5,8-11,13,17H,6-7H2,1-3H3,(H,18,19). The Morgan fingerprint density at radius 1 is 1.19 bits per heavy atom. The molecule has 0 saturated carbocycles. The summed E-state index contributed by atoms with van der Waals surface area (Å²) in [6, 6.07) is 6.22. The van der Waals surface area contributed by atoms with Crippen LogP contribution in [0.2, 0.25) is 0 Å². The molecule has 5 heteroatoms. The molecule has 5 nitrogen and oxygen atoms in total. The van der Waals surface area contributed by atoms with E-state index in [4.69, 9.17) is 9.47 Å². The van der Waals surface area contributed by atoms with Gasteiger partial charge in [0.05, 0.1) is 17.9 Å². The zero-order valence-corrected chi connectivity index (χ0v) is 12.7. The molecule has 1 saturated heterocycles. The topological polar surface area (TPSA) is 59.6 Å². The number of fused-ring (bicyclic) bond motifs is 1. The highest BCUT2D eigenvalue weighted by molar-refractivity contribution is 5.98. The SMILES string of the molecule is CC1CC(Nc2ccc3c(c2)NC(=O)C(C)O3)CC(C)O1. The van der Waals surface area contributed by atoms with Gasteiger partial charge in [-0.25, -0.2) is 0 Å². The average Bonchev–Trinajstić information content (AvgIpc) is 2.39. The summed E-state index contributed by atoms with van der Waals surface area (Å²) < 4.78 is 11.3. The van der Waals surface area contributed by atoms with Gasteiger partial charge in [0.1, 0.15) is 5.75 Å². The van der Waals surface area contributed by atoms with Gasteiger partial charge in [-0.2, -0.15) is 0 Å². The summed E-state index contributed by atoms with van der Waals surface area (Å²) in [6.07, 6.45) is 2.08. The smallest absolute Gasteiger partial charge is 0.265 e. The second kappa shape index (κ2) is 5.56. The quantitative estimate of drug-likeness (QED) is 0.879. The van der Waals surface area contributed by atoms with Crippen LogP contribution in [0.1, 0.15) is 33.6 Å². The van der Waals surface area contributed by atoms with Gasteiger partial charge in [0.2, 0.25) is 0 Å². The van der Waals surface area contributed by atoms with Gasteiger partial charge in [0.25, 0.3) is 5.91 Å². The van der Waals surface area contributed by atoms with Crippen LogP contribution in [0.3, 0.4) is 0 Å². The molecule has 3 unspecified atom stereocenters. The molecular weight excluding hydrogens is 268 g/mol. The van der Waals surface area contributed by atoms with Gasteiger partial charge < -0.3 is 20.1 Å². The molecule has 0 bridgehead atoms. The van der Waals surface area contributed by atoms with Crippen LogP contribution in [-0.2, 0) is 9.53 Å². The summed E-state index contributed by atoms with van der Waals surface area (Å²) in [4.78, 5) is 11.7. The Labute approximate surface area is 125 Å². The molecule has 2 aliphatic heterocycles. The fourth-order valence-corrected chi connectivity index (χ4v) is 3.06. The Balaban J connectivity index is 1.72. The second-order valence-electron chi connectivity index (χ2n) is 6.03. The summed E-state index contributed by atoms with van der Waals surface area (Å²) in [7, 11) is 0. The fraction of sp³-hybridized carbons (Fsp3) is 0.562. The number of carbonyl (C=O) groups excluding carboxylic acids is 1. The molecule has 1 aromatic rings. The van der Waals surface area contributed by atoms with Crippen molar-refractivity contribution in [2.45, 2.75) is 58.0 Å². The summed E-state index contributed by atoms with van der Waals surface area (Å²) in [6.45, 7) is 5.95. The van der Waals surface area contributed by atoms with Gasteiger partial charge in [-0.3, -0.25) is 4.79 Å². The van der Waals surface area contributed by atoms with E-state index in [1.165, 1.54) is 0 Å². The van der Waals surface area contributed by atoms with Crippen molar-refractivity contribution in [1.82, 2.24) is 0 Å². The van der Waals surface area contributed by atoms with E-state index in [0.717, 1.165) is 30.0 Å². The Hall–Kier alpha value is -1.75. The molecule has 1 amide bonds. The van der Waals surface area contributed by atoms with E-state index in [0.29, 0.717) is 6.04 Å². The van der Waals surface area contributed by atoms with Crippen molar-refractivity contribution in [3.8, 4) is 5.75 Å². The van der Waals surface area contributed by atoms with E-state index >= 15 is 0 Å². The average molecular weight is 290 g/mol. The van der Waals surface area contributed by atoms with Gasteiger partial charge in [0, 0.05) is 11.7 Å². The summed E-state index contributed by atoms with van der Waals surface area (Å²) in [5, 5.41) is 6.41. The van der Waals surface area contributed by atoms with Gasteiger partial charge in [-0.05, 0) is 51.8 Å². The molecule has 3 rings (SSSR count). The van der Waals surface area contributed by atoms with Gasteiger partial charge in [-0.15, -0.1) is 0 Å². The third-order valence-corrected chi connectivity index (χ3v) is 3.98. The minimum atomic E-state index is -0.437. The van der Waals surface area contributed by atoms with E-state index in [9.17, 15) is 4.79 Å². The van der Waals surface area contributed by atoms with Crippen LogP contribution in [0.15, 0.2) is 18.2 Å². The molecule has 0 spiro atoms. The van der Waals surface area contributed by atoms with E-state index in [1.807, 2.05) is 18.2 Å². The fourth-order valence-electron chi connectivity index (χ4n) is 3.06. The predicted octanol–water partition coefficient (Wildman–Crippen LogP) is 2.77. The highest BCUT2D eigenvalue weighted by Gasteiger charge is 2.26. The summed E-state index contributed by atoms with van der Waals surface area (Å²) in [5.74, 6) is 0.620. The molecular formula is C16H22N2O3. The number of amides is 1. The Bertz CT molecular complexity index is 536. The maximum atomic E-state index is 11.7. The molecule has 2 N–H and O–H groups in total. The second-order valence-corrected chi connectivity index (χ2v) is 6.03. The van der Waals surface area contributed by atoms with Crippen LogP contribution in [0.25, 0.3) is 0 Å². The van der Waals surface area contributed by atoms with Crippen molar-refractivity contribution in [3.05, 3.63) is 18.2 Å². The lowest BCUT2D eigenvalue weighted by atomic mass is 9.99. The molecule has 0 aliphatic carbocycles. The first-order valence-corrected chi connectivity index (χ1v) is 7.55. The number of hydrogen-bond donors (Lipinski definition) is 2. The maximum absolute atomic E-state index is 11.7. The zero-order valence-electron chi connectivity index (χ0n) is 12.7. The number of anilines is 2. The number of rotatable bonds is 2. The molecule has 114 valence electrons. The molecule has 0 radical (unpaired) electrons. The third kappa shape index (κ3) is 3.13. The van der Waals surface area contributed by atoms with Crippen LogP contribution in [0.4, 0.5) is 11.4 Å².